The molecule has 22 heavy (non-hydrogen) atoms. The smallest absolute Gasteiger partial charge is 0.267 e. The predicted octanol–water partition coefficient (Wildman–Crippen LogP) is 0.646. The van der Waals surface area contributed by atoms with Gasteiger partial charge in [0.15, 0.2) is 0 Å². The van der Waals surface area contributed by atoms with Gasteiger partial charge in [0, 0.05) is 38.3 Å². The number of likely N-dealkylation sites (tertiary alicyclic amines) is 2. The Bertz CT molecular complexity index is 581. The standard InChI is InChI=1S/C15H21N5O2/c1-18-9-15(10-18)4-6-19(7-5-15)14-12-3-2-11(20(21)22)8-13(12)16-17-14/h2-3,8,12-13,16H,4-7,9-10H2,1H3. The van der Waals surface area contributed by atoms with Crippen molar-refractivity contribution in [2.45, 2.75) is 18.9 Å². The van der Waals surface area contributed by atoms with E-state index in [1.807, 2.05) is 6.08 Å². The van der Waals surface area contributed by atoms with Crippen molar-refractivity contribution in [2.24, 2.45) is 16.4 Å². The molecule has 1 spiro atoms. The fourth-order valence-corrected chi connectivity index (χ4v) is 4.27. The number of hydrazone groups is 1. The molecule has 2 unspecified atom stereocenters. The number of nitro groups is 1. The van der Waals surface area contributed by atoms with E-state index in [1.165, 1.54) is 25.9 Å². The minimum atomic E-state index is -0.343. The van der Waals surface area contributed by atoms with Crippen LogP contribution in [0.2, 0.25) is 0 Å². The number of hydrogen-bond donors (Lipinski definition) is 1. The molecule has 0 radical (unpaired) electrons. The van der Waals surface area contributed by atoms with Crippen molar-refractivity contribution in [3.63, 3.8) is 0 Å². The van der Waals surface area contributed by atoms with Gasteiger partial charge >= 0.3 is 0 Å². The van der Waals surface area contributed by atoms with Gasteiger partial charge in [0.05, 0.1) is 16.9 Å². The highest BCUT2D eigenvalue weighted by atomic mass is 16.6. The third-order valence-electron chi connectivity index (χ3n) is 5.41. The Kier molecular flexibility index (Phi) is 3.00. The molecular formula is C15H21N5O2. The Labute approximate surface area is 129 Å². The maximum atomic E-state index is 10.9. The summed E-state index contributed by atoms with van der Waals surface area (Å²) in [7, 11) is 2.18. The molecule has 0 amide bonds. The van der Waals surface area contributed by atoms with E-state index < -0.39 is 0 Å². The monoisotopic (exact) mass is 303 g/mol. The van der Waals surface area contributed by atoms with Crippen LogP contribution < -0.4 is 5.43 Å². The van der Waals surface area contributed by atoms with Gasteiger partial charge in [-0.15, -0.1) is 0 Å². The summed E-state index contributed by atoms with van der Waals surface area (Å²) in [4.78, 5) is 15.3. The molecule has 118 valence electrons. The maximum absolute atomic E-state index is 10.9. The molecule has 2 atom stereocenters. The van der Waals surface area contributed by atoms with Gasteiger partial charge in [0.2, 0.25) is 0 Å². The van der Waals surface area contributed by atoms with Crippen molar-refractivity contribution in [1.82, 2.24) is 15.2 Å². The molecule has 0 aromatic rings. The first-order valence-electron chi connectivity index (χ1n) is 7.87. The molecule has 3 heterocycles. The average Bonchev–Trinajstić information content (AvgIpc) is 2.89. The minimum Gasteiger partial charge on any atom is -0.358 e. The lowest BCUT2D eigenvalue weighted by atomic mass is 9.72. The first-order chi connectivity index (χ1) is 10.6. The highest BCUT2D eigenvalue weighted by Gasteiger charge is 2.45. The number of piperidine rings is 1. The Morgan fingerprint density at radius 3 is 2.77 bits per heavy atom. The van der Waals surface area contributed by atoms with E-state index in [2.05, 4.69) is 27.4 Å². The van der Waals surface area contributed by atoms with Crippen LogP contribution in [0.4, 0.5) is 0 Å². The normalized spacial score (nSPS) is 32.9. The zero-order valence-corrected chi connectivity index (χ0v) is 12.7. The van der Waals surface area contributed by atoms with Crippen LogP contribution in [0.3, 0.4) is 0 Å². The van der Waals surface area contributed by atoms with Crippen molar-refractivity contribution >= 4 is 5.84 Å². The van der Waals surface area contributed by atoms with Crippen LogP contribution in [0.1, 0.15) is 12.8 Å². The lowest BCUT2D eigenvalue weighted by Crippen LogP contribution is -2.59. The number of allylic oxidation sites excluding steroid dienone is 1. The van der Waals surface area contributed by atoms with Crippen molar-refractivity contribution in [3.8, 4) is 0 Å². The summed E-state index contributed by atoms with van der Waals surface area (Å²) in [6.07, 6.45) is 7.63. The molecule has 1 aliphatic carbocycles. The van der Waals surface area contributed by atoms with Crippen LogP contribution >= 0.6 is 0 Å². The quantitative estimate of drug-likeness (QED) is 0.568. The number of amidine groups is 1. The van der Waals surface area contributed by atoms with Crippen LogP contribution in [0, 0.1) is 21.4 Å². The van der Waals surface area contributed by atoms with Crippen molar-refractivity contribution in [3.05, 3.63) is 34.0 Å². The van der Waals surface area contributed by atoms with E-state index in [4.69, 9.17) is 0 Å². The van der Waals surface area contributed by atoms with E-state index in [9.17, 15) is 10.1 Å². The van der Waals surface area contributed by atoms with Gasteiger partial charge in [-0.1, -0.05) is 6.08 Å². The van der Waals surface area contributed by atoms with Crippen LogP contribution in [0.15, 0.2) is 29.0 Å². The predicted molar refractivity (Wildman–Crippen MR) is 82.8 cm³/mol. The largest absolute Gasteiger partial charge is 0.358 e. The summed E-state index contributed by atoms with van der Waals surface area (Å²) in [6, 6.07) is -0.0777. The zero-order valence-electron chi connectivity index (χ0n) is 12.7. The average molecular weight is 303 g/mol. The minimum absolute atomic E-state index is 0.0777. The van der Waals surface area contributed by atoms with E-state index in [0.29, 0.717) is 5.41 Å². The lowest BCUT2D eigenvalue weighted by Gasteiger charge is -2.53. The molecule has 3 aliphatic heterocycles. The molecule has 0 aromatic heterocycles. The summed E-state index contributed by atoms with van der Waals surface area (Å²) in [5, 5.41) is 15.3. The number of rotatable bonds is 1. The van der Waals surface area contributed by atoms with Crippen molar-refractivity contribution < 1.29 is 4.92 Å². The first-order valence-corrected chi connectivity index (χ1v) is 7.87. The highest BCUT2D eigenvalue weighted by molar-refractivity contribution is 5.89. The van der Waals surface area contributed by atoms with Crippen LogP contribution in [0.25, 0.3) is 0 Å². The van der Waals surface area contributed by atoms with Crippen LogP contribution in [0.5, 0.6) is 0 Å². The van der Waals surface area contributed by atoms with E-state index in [1.54, 1.807) is 12.2 Å². The first kappa shape index (κ1) is 13.8. The maximum Gasteiger partial charge on any atom is 0.267 e. The Morgan fingerprint density at radius 1 is 1.41 bits per heavy atom. The molecule has 1 N–H and O–H groups in total. The Morgan fingerprint density at radius 2 is 2.14 bits per heavy atom. The molecule has 2 fully saturated rings. The lowest BCUT2D eigenvalue weighted by molar-refractivity contribution is -0.419. The second-order valence-corrected chi connectivity index (χ2v) is 7.02. The molecule has 0 aromatic carbocycles. The third-order valence-corrected chi connectivity index (χ3v) is 5.41. The fourth-order valence-electron chi connectivity index (χ4n) is 4.27. The highest BCUT2D eigenvalue weighted by Crippen LogP contribution is 2.40. The van der Waals surface area contributed by atoms with Gasteiger partial charge in [0.25, 0.3) is 5.70 Å². The number of nitrogens with zero attached hydrogens (tertiary/aromatic N) is 4. The SMILES string of the molecule is CN1CC2(CCN(C3=NNC4C=C([N+](=O)[O-])C=CC34)CC2)C1. The van der Waals surface area contributed by atoms with Crippen LogP contribution in [-0.4, -0.2) is 59.8 Å². The topological polar surface area (TPSA) is 74.0 Å². The third kappa shape index (κ3) is 2.11. The molecule has 0 saturated carbocycles. The Balaban J connectivity index is 1.41. The summed E-state index contributed by atoms with van der Waals surface area (Å²) in [6.45, 7) is 4.51. The number of hydrogen-bond acceptors (Lipinski definition) is 6. The number of nitrogens with one attached hydrogen (secondary N) is 1. The summed E-state index contributed by atoms with van der Waals surface area (Å²) >= 11 is 0. The van der Waals surface area contributed by atoms with Gasteiger partial charge in [-0.25, -0.2) is 0 Å². The summed E-state index contributed by atoms with van der Waals surface area (Å²) < 4.78 is 0. The summed E-state index contributed by atoms with van der Waals surface area (Å²) in [5.41, 5.74) is 3.73. The van der Waals surface area contributed by atoms with Gasteiger partial charge in [-0.2, -0.15) is 5.10 Å². The van der Waals surface area contributed by atoms with E-state index in [0.717, 1.165) is 18.9 Å². The molecule has 7 nitrogen and oxygen atoms in total. The van der Waals surface area contributed by atoms with Crippen molar-refractivity contribution in [2.75, 3.05) is 33.2 Å². The second-order valence-electron chi connectivity index (χ2n) is 7.02. The van der Waals surface area contributed by atoms with Crippen LogP contribution in [-0.2, 0) is 0 Å². The Hall–Kier alpha value is -1.89. The van der Waals surface area contributed by atoms with Gasteiger partial charge < -0.3 is 15.2 Å². The zero-order chi connectivity index (χ0) is 15.3. The molecule has 0 bridgehead atoms. The fraction of sp³-hybridized carbons (Fsp3) is 0.667. The van der Waals surface area contributed by atoms with Crippen molar-refractivity contribution in [1.29, 1.82) is 0 Å². The summed E-state index contributed by atoms with van der Waals surface area (Å²) in [5.74, 6) is 1.17. The molecule has 4 rings (SSSR count). The number of fused-ring (bicyclic) bond motifs is 1. The van der Waals surface area contributed by atoms with E-state index in [-0.39, 0.29) is 22.6 Å². The second kappa shape index (κ2) is 4.81. The molecule has 7 heteroatoms. The molecule has 2 saturated heterocycles. The molecular weight excluding hydrogens is 282 g/mol. The van der Waals surface area contributed by atoms with Gasteiger partial charge in [-0.3, -0.25) is 10.1 Å². The van der Waals surface area contributed by atoms with Gasteiger partial charge in [0.1, 0.15) is 5.84 Å². The molecule has 4 aliphatic rings. The van der Waals surface area contributed by atoms with Gasteiger partial charge in [-0.05, 0) is 25.3 Å². The van der Waals surface area contributed by atoms with E-state index >= 15 is 0 Å².